The van der Waals surface area contributed by atoms with Crippen LogP contribution in [0, 0.1) is 5.82 Å². The highest BCUT2D eigenvalue weighted by molar-refractivity contribution is 8.00. The molecule has 0 spiro atoms. The van der Waals surface area contributed by atoms with Crippen molar-refractivity contribution in [1.29, 1.82) is 0 Å². The third kappa shape index (κ3) is 8.68. The first kappa shape index (κ1) is 32.1. The molecular formula is C35H29FN4O4S2. The molecule has 0 aliphatic heterocycles. The van der Waals surface area contributed by atoms with Crippen molar-refractivity contribution in [3.63, 3.8) is 0 Å². The number of amides is 3. The van der Waals surface area contributed by atoms with Crippen LogP contribution < -0.4 is 20.7 Å². The van der Waals surface area contributed by atoms with Gasteiger partial charge in [0.15, 0.2) is 5.13 Å². The molecule has 1 unspecified atom stereocenters. The van der Waals surface area contributed by atoms with Gasteiger partial charge in [0.2, 0.25) is 5.91 Å². The molecule has 8 nitrogen and oxygen atoms in total. The van der Waals surface area contributed by atoms with Crippen molar-refractivity contribution in [2.75, 3.05) is 17.7 Å². The highest BCUT2D eigenvalue weighted by Crippen LogP contribution is 2.30. The Morgan fingerprint density at radius 1 is 0.913 bits per heavy atom. The standard InChI is InChI=1S/C35H29FN4O4S2/c1-22(32(41)40-35-39-31(21-45-35)25-10-6-12-28(19-25)44-2)46-29-13-7-11-27(20-29)37-34(43)30(18-23-14-16-26(36)17-15-23)38-33(42)24-8-4-3-5-9-24/h3-22H,1-2H3,(H,37,43)(H,38,42)(H,39,40,41)/b30-18-. The molecule has 1 heterocycles. The number of hydrogen-bond donors (Lipinski definition) is 3. The lowest BCUT2D eigenvalue weighted by atomic mass is 10.1. The summed E-state index contributed by atoms with van der Waals surface area (Å²) in [5, 5.41) is 10.2. The molecule has 0 aliphatic rings. The van der Waals surface area contributed by atoms with Gasteiger partial charge in [-0.15, -0.1) is 23.1 Å². The summed E-state index contributed by atoms with van der Waals surface area (Å²) >= 11 is 2.65. The van der Waals surface area contributed by atoms with Crippen LogP contribution in [0.1, 0.15) is 22.8 Å². The van der Waals surface area contributed by atoms with E-state index in [0.717, 1.165) is 21.9 Å². The summed E-state index contributed by atoms with van der Waals surface area (Å²) in [7, 11) is 1.60. The van der Waals surface area contributed by atoms with E-state index in [1.54, 1.807) is 62.6 Å². The van der Waals surface area contributed by atoms with Gasteiger partial charge in [0.25, 0.3) is 11.8 Å². The van der Waals surface area contributed by atoms with Crippen LogP contribution in [0.3, 0.4) is 0 Å². The molecule has 0 aliphatic carbocycles. The van der Waals surface area contributed by atoms with E-state index in [0.29, 0.717) is 21.9 Å². The van der Waals surface area contributed by atoms with Crippen molar-refractivity contribution in [2.24, 2.45) is 0 Å². The van der Waals surface area contributed by atoms with Gasteiger partial charge in [-0.3, -0.25) is 14.4 Å². The number of thioether (sulfide) groups is 1. The minimum absolute atomic E-state index is 0.0250. The minimum atomic E-state index is -0.572. The molecule has 5 aromatic rings. The second-order valence-corrected chi connectivity index (χ2v) is 12.2. The smallest absolute Gasteiger partial charge is 0.272 e. The Labute approximate surface area is 273 Å². The molecule has 4 aromatic carbocycles. The average molecular weight is 653 g/mol. The third-order valence-corrected chi connectivity index (χ3v) is 8.44. The zero-order valence-corrected chi connectivity index (χ0v) is 26.5. The molecule has 0 saturated carbocycles. The minimum Gasteiger partial charge on any atom is -0.497 e. The molecule has 0 bridgehead atoms. The van der Waals surface area contributed by atoms with Crippen LogP contribution in [-0.4, -0.2) is 35.1 Å². The molecule has 0 fully saturated rings. The maximum Gasteiger partial charge on any atom is 0.272 e. The van der Waals surface area contributed by atoms with Gasteiger partial charge in [-0.25, -0.2) is 9.37 Å². The van der Waals surface area contributed by atoms with Crippen LogP contribution >= 0.6 is 23.1 Å². The van der Waals surface area contributed by atoms with Crippen LogP contribution in [0.25, 0.3) is 17.3 Å². The highest BCUT2D eigenvalue weighted by Gasteiger charge is 2.18. The number of ether oxygens (including phenoxy) is 1. The maximum absolute atomic E-state index is 13.5. The van der Waals surface area contributed by atoms with E-state index in [4.69, 9.17) is 4.74 Å². The van der Waals surface area contributed by atoms with Crippen molar-refractivity contribution in [1.82, 2.24) is 10.3 Å². The summed E-state index contributed by atoms with van der Waals surface area (Å²) < 4.78 is 18.8. The fraction of sp³-hybridized carbons (Fsp3) is 0.0857. The summed E-state index contributed by atoms with van der Waals surface area (Å²) in [5.41, 5.74) is 2.95. The van der Waals surface area contributed by atoms with E-state index in [-0.39, 0.29) is 11.6 Å². The second-order valence-electron chi connectivity index (χ2n) is 9.93. The molecule has 1 atom stereocenters. The molecule has 0 radical (unpaired) electrons. The van der Waals surface area contributed by atoms with Crippen LogP contribution in [0.5, 0.6) is 5.75 Å². The number of rotatable bonds is 11. The van der Waals surface area contributed by atoms with E-state index >= 15 is 0 Å². The molecule has 3 N–H and O–H groups in total. The summed E-state index contributed by atoms with van der Waals surface area (Å²) in [5.74, 6) is -0.963. The first-order valence-electron chi connectivity index (χ1n) is 14.1. The lowest BCUT2D eigenvalue weighted by molar-refractivity contribution is -0.115. The molecule has 232 valence electrons. The first-order valence-corrected chi connectivity index (χ1v) is 15.9. The van der Waals surface area contributed by atoms with Gasteiger partial charge in [0.05, 0.1) is 18.1 Å². The lowest BCUT2D eigenvalue weighted by Crippen LogP contribution is -2.30. The number of halogens is 1. The van der Waals surface area contributed by atoms with Crippen molar-refractivity contribution >= 4 is 57.7 Å². The molecular weight excluding hydrogens is 624 g/mol. The number of nitrogens with zero attached hydrogens (tertiary/aromatic N) is 1. The maximum atomic E-state index is 13.5. The quantitative estimate of drug-likeness (QED) is 0.101. The van der Waals surface area contributed by atoms with Crippen LogP contribution in [0.4, 0.5) is 15.2 Å². The topological polar surface area (TPSA) is 109 Å². The number of aromatic nitrogens is 1. The number of carbonyl (C=O) groups is 3. The Morgan fingerprint density at radius 2 is 1.67 bits per heavy atom. The Morgan fingerprint density at radius 3 is 2.43 bits per heavy atom. The molecule has 5 rings (SSSR count). The summed E-state index contributed by atoms with van der Waals surface area (Å²) in [6.07, 6.45) is 1.47. The van der Waals surface area contributed by atoms with Gasteiger partial charge in [-0.05, 0) is 73.2 Å². The number of anilines is 2. The van der Waals surface area contributed by atoms with E-state index in [1.165, 1.54) is 53.4 Å². The van der Waals surface area contributed by atoms with Gasteiger partial charge < -0.3 is 20.7 Å². The predicted octanol–water partition coefficient (Wildman–Crippen LogP) is 7.49. The third-order valence-electron chi connectivity index (χ3n) is 6.58. The van der Waals surface area contributed by atoms with Crippen LogP contribution in [-0.2, 0) is 9.59 Å². The fourth-order valence-corrected chi connectivity index (χ4v) is 5.87. The predicted molar refractivity (Wildman–Crippen MR) is 181 cm³/mol. The number of thiazole rings is 1. The largest absolute Gasteiger partial charge is 0.497 e. The van der Waals surface area contributed by atoms with Gasteiger partial charge in [-0.2, -0.15) is 0 Å². The van der Waals surface area contributed by atoms with Crippen LogP contribution in [0.15, 0.2) is 119 Å². The fourth-order valence-electron chi connectivity index (χ4n) is 4.22. The Balaban J connectivity index is 1.24. The number of benzene rings is 4. The molecule has 11 heteroatoms. The summed E-state index contributed by atoms with van der Waals surface area (Å²) in [6.45, 7) is 1.78. The molecule has 3 amide bonds. The Kier molecular flexibility index (Phi) is 10.6. The van der Waals surface area contributed by atoms with E-state index in [1.807, 2.05) is 35.7 Å². The molecule has 46 heavy (non-hydrogen) atoms. The Bertz CT molecular complexity index is 1880. The number of methoxy groups -OCH3 is 1. The number of hydrogen-bond acceptors (Lipinski definition) is 7. The van der Waals surface area contributed by atoms with Gasteiger partial charge in [0.1, 0.15) is 17.3 Å². The van der Waals surface area contributed by atoms with E-state index < -0.39 is 22.9 Å². The first-order chi connectivity index (χ1) is 22.3. The second kappa shape index (κ2) is 15.2. The van der Waals surface area contributed by atoms with Crippen LogP contribution in [0.2, 0.25) is 0 Å². The molecule has 0 saturated heterocycles. The van der Waals surface area contributed by atoms with Crippen molar-refractivity contribution in [3.05, 3.63) is 131 Å². The van der Waals surface area contributed by atoms with Gasteiger partial charge >= 0.3 is 0 Å². The molecule has 1 aromatic heterocycles. The number of carbonyl (C=O) groups excluding carboxylic acids is 3. The monoisotopic (exact) mass is 652 g/mol. The van der Waals surface area contributed by atoms with E-state index in [2.05, 4.69) is 20.9 Å². The zero-order valence-electron chi connectivity index (χ0n) is 24.8. The summed E-state index contributed by atoms with van der Waals surface area (Å²) in [6, 6.07) is 28.6. The van der Waals surface area contributed by atoms with Crippen molar-refractivity contribution in [2.45, 2.75) is 17.1 Å². The van der Waals surface area contributed by atoms with Crippen molar-refractivity contribution < 1.29 is 23.5 Å². The highest BCUT2D eigenvalue weighted by atomic mass is 32.2. The number of nitrogens with one attached hydrogen (secondary N) is 3. The normalized spacial score (nSPS) is 11.8. The average Bonchev–Trinajstić information content (AvgIpc) is 3.54. The van der Waals surface area contributed by atoms with E-state index in [9.17, 15) is 18.8 Å². The lowest BCUT2D eigenvalue weighted by Gasteiger charge is -2.13. The van der Waals surface area contributed by atoms with Crippen molar-refractivity contribution in [3.8, 4) is 17.0 Å². The van der Waals surface area contributed by atoms with Gasteiger partial charge in [0, 0.05) is 27.1 Å². The van der Waals surface area contributed by atoms with Gasteiger partial charge in [-0.1, -0.05) is 48.5 Å². The zero-order chi connectivity index (χ0) is 32.5. The Hall–Kier alpha value is -5.26. The summed E-state index contributed by atoms with van der Waals surface area (Å²) in [4.78, 5) is 44.6. The SMILES string of the molecule is COc1cccc(-c2csc(NC(=O)C(C)Sc3cccc(NC(=O)/C(=C/c4ccc(F)cc4)NC(=O)c4ccccc4)c3)n2)c1.